The van der Waals surface area contributed by atoms with Crippen molar-refractivity contribution in [3.05, 3.63) is 71.8 Å². The minimum absolute atomic E-state index is 0.0378. The quantitative estimate of drug-likeness (QED) is 0.776. The molecule has 2 N–H and O–H groups in total. The van der Waals surface area contributed by atoms with E-state index in [4.69, 9.17) is 4.74 Å². The van der Waals surface area contributed by atoms with Gasteiger partial charge in [-0.1, -0.05) is 60.7 Å². The van der Waals surface area contributed by atoms with Gasteiger partial charge in [0.15, 0.2) is 0 Å². The van der Waals surface area contributed by atoms with Gasteiger partial charge in [-0.15, -0.1) is 0 Å². The van der Waals surface area contributed by atoms with Crippen molar-refractivity contribution >= 4 is 0 Å². The Morgan fingerprint density at radius 2 is 1.40 bits per heavy atom. The average Bonchev–Trinajstić information content (AvgIpc) is 2.68. The van der Waals surface area contributed by atoms with E-state index in [0.29, 0.717) is 6.04 Å². The zero-order chi connectivity index (χ0) is 17.4. The second-order valence-corrected chi connectivity index (χ2v) is 7.23. The lowest BCUT2D eigenvalue weighted by Crippen LogP contribution is -2.46. The molecule has 0 radical (unpaired) electrons. The van der Waals surface area contributed by atoms with E-state index >= 15 is 0 Å². The van der Waals surface area contributed by atoms with Gasteiger partial charge in [-0.2, -0.15) is 0 Å². The minimum Gasteiger partial charge on any atom is -0.396 e. The molecule has 1 saturated heterocycles. The van der Waals surface area contributed by atoms with Crippen LogP contribution in [0.5, 0.6) is 0 Å². The van der Waals surface area contributed by atoms with Gasteiger partial charge >= 0.3 is 0 Å². The highest BCUT2D eigenvalue weighted by Crippen LogP contribution is 2.29. The number of nitrogens with one attached hydrogen (secondary N) is 1. The fraction of sp³-hybridized carbons (Fsp3) is 0.455. The Kier molecular flexibility index (Phi) is 6.62. The van der Waals surface area contributed by atoms with E-state index in [1.165, 1.54) is 11.1 Å². The van der Waals surface area contributed by atoms with E-state index < -0.39 is 0 Å². The Morgan fingerprint density at radius 1 is 0.880 bits per heavy atom. The molecule has 0 bridgehead atoms. The molecule has 3 nitrogen and oxygen atoms in total. The summed E-state index contributed by atoms with van der Waals surface area (Å²) < 4.78 is 5.49. The second-order valence-electron chi connectivity index (χ2n) is 7.23. The summed E-state index contributed by atoms with van der Waals surface area (Å²) in [5.74, 6) is 0. The van der Waals surface area contributed by atoms with E-state index in [1.807, 2.05) is 0 Å². The van der Waals surface area contributed by atoms with Gasteiger partial charge in [0, 0.05) is 31.2 Å². The lowest BCUT2D eigenvalue weighted by Gasteiger charge is -2.37. The Morgan fingerprint density at radius 3 is 1.88 bits per heavy atom. The van der Waals surface area contributed by atoms with Gasteiger partial charge in [0.05, 0.1) is 6.61 Å². The van der Waals surface area contributed by atoms with E-state index in [9.17, 15) is 5.11 Å². The summed E-state index contributed by atoms with van der Waals surface area (Å²) in [6.07, 6.45) is 3.85. The van der Waals surface area contributed by atoms with Gasteiger partial charge < -0.3 is 15.2 Å². The Bertz CT molecular complexity index is 567. The van der Waals surface area contributed by atoms with Crippen molar-refractivity contribution in [1.29, 1.82) is 0 Å². The maximum absolute atomic E-state index is 9.94. The van der Waals surface area contributed by atoms with Crippen LogP contribution in [0, 0.1) is 5.41 Å². The number of hydrogen-bond donors (Lipinski definition) is 2. The van der Waals surface area contributed by atoms with Gasteiger partial charge in [-0.05, 0) is 36.8 Å². The van der Waals surface area contributed by atoms with Crippen molar-refractivity contribution in [3.8, 4) is 0 Å². The Balaban J connectivity index is 1.67. The number of rotatable bonds is 8. The summed E-state index contributed by atoms with van der Waals surface area (Å²) in [7, 11) is 0. The first-order valence-electron chi connectivity index (χ1n) is 9.29. The van der Waals surface area contributed by atoms with Gasteiger partial charge in [-0.3, -0.25) is 0 Å². The van der Waals surface area contributed by atoms with Crippen LogP contribution in [-0.4, -0.2) is 37.5 Å². The van der Waals surface area contributed by atoms with Crippen LogP contribution in [0.1, 0.15) is 24.0 Å². The first kappa shape index (κ1) is 18.1. The molecule has 1 aliphatic heterocycles. The molecule has 134 valence electrons. The van der Waals surface area contributed by atoms with Crippen molar-refractivity contribution in [2.75, 3.05) is 26.4 Å². The molecule has 3 rings (SSSR count). The van der Waals surface area contributed by atoms with Crippen LogP contribution in [0.25, 0.3) is 0 Å². The van der Waals surface area contributed by atoms with Crippen molar-refractivity contribution in [3.63, 3.8) is 0 Å². The minimum atomic E-state index is -0.0378. The molecule has 0 aliphatic carbocycles. The standard InChI is InChI=1S/C22H29NO2/c24-18-22(11-13-25-14-12-22)17-23-21(15-19-7-3-1-4-8-19)16-20-9-5-2-6-10-20/h1-10,21,23-24H,11-18H2. The molecule has 0 amide bonds. The van der Waals surface area contributed by atoms with Crippen LogP contribution in [0.4, 0.5) is 0 Å². The number of aliphatic hydroxyl groups excluding tert-OH is 1. The molecule has 3 heteroatoms. The van der Waals surface area contributed by atoms with Crippen LogP contribution in [0.15, 0.2) is 60.7 Å². The maximum atomic E-state index is 9.94. The van der Waals surface area contributed by atoms with Crippen molar-refractivity contribution in [2.24, 2.45) is 5.41 Å². The zero-order valence-corrected chi connectivity index (χ0v) is 14.9. The van der Waals surface area contributed by atoms with Crippen LogP contribution >= 0.6 is 0 Å². The highest BCUT2D eigenvalue weighted by Gasteiger charge is 2.32. The Hall–Kier alpha value is -1.68. The lowest BCUT2D eigenvalue weighted by molar-refractivity contribution is -0.0165. The number of hydrogen-bond acceptors (Lipinski definition) is 3. The predicted molar refractivity (Wildman–Crippen MR) is 102 cm³/mol. The van der Waals surface area contributed by atoms with Gasteiger partial charge in [0.2, 0.25) is 0 Å². The van der Waals surface area contributed by atoms with E-state index in [0.717, 1.165) is 45.4 Å². The van der Waals surface area contributed by atoms with Crippen LogP contribution < -0.4 is 5.32 Å². The molecule has 0 spiro atoms. The van der Waals surface area contributed by atoms with Crippen molar-refractivity contribution < 1.29 is 9.84 Å². The molecular weight excluding hydrogens is 310 g/mol. The summed E-state index contributed by atoms with van der Waals surface area (Å²) in [5, 5.41) is 13.7. The largest absolute Gasteiger partial charge is 0.396 e. The highest BCUT2D eigenvalue weighted by molar-refractivity contribution is 5.19. The third kappa shape index (κ3) is 5.40. The second kappa shape index (κ2) is 9.14. The fourth-order valence-electron chi connectivity index (χ4n) is 3.57. The highest BCUT2D eigenvalue weighted by atomic mass is 16.5. The summed E-state index contributed by atoms with van der Waals surface area (Å²) in [6.45, 7) is 2.58. The average molecular weight is 339 g/mol. The van der Waals surface area contributed by atoms with Crippen molar-refractivity contribution in [1.82, 2.24) is 5.32 Å². The predicted octanol–water partition coefficient (Wildman–Crippen LogP) is 3.22. The smallest absolute Gasteiger partial charge is 0.0501 e. The van der Waals surface area contributed by atoms with E-state index in [-0.39, 0.29) is 12.0 Å². The first-order chi connectivity index (χ1) is 12.3. The molecule has 25 heavy (non-hydrogen) atoms. The van der Waals surface area contributed by atoms with Gasteiger partial charge in [-0.25, -0.2) is 0 Å². The maximum Gasteiger partial charge on any atom is 0.0501 e. The monoisotopic (exact) mass is 339 g/mol. The number of benzene rings is 2. The third-order valence-corrected chi connectivity index (χ3v) is 5.30. The molecule has 0 saturated carbocycles. The molecule has 0 unspecified atom stereocenters. The lowest BCUT2D eigenvalue weighted by atomic mass is 9.80. The number of aliphatic hydroxyl groups is 1. The van der Waals surface area contributed by atoms with Crippen LogP contribution in [0.3, 0.4) is 0 Å². The van der Waals surface area contributed by atoms with Gasteiger partial charge in [0.1, 0.15) is 0 Å². The normalized spacial score (nSPS) is 16.9. The molecule has 1 heterocycles. The third-order valence-electron chi connectivity index (χ3n) is 5.30. The fourth-order valence-corrected chi connectivity index (χ4v) is 3.57. The SMILES string of the molecule is OCC1(CNC(Cc2ccccc2)Cc2ccccc2)CCOCC1. The topological polar surface area (TPSA) is 41.5 Å². The van der Waals surface area contributed by atoms with Gasteiger partial charge in [0.25, 0.3) is 0 Å². The Labute approximate surface area is 151 Å². The molecule has 1 aliphatic rings. The van der Waals surface area contributed by atoms with E-state index in [2.05, 4.69) is 66.0 Å². The molecule has 1 fully saturated rings. The summed E-state index contributed by atoms with van der Waals surface area (Å²) in [5.41, 5.74) is 2.66. The summed E-state index contributed by atoms with van der Waals surface area (Å²) >= 11 is 0. The molecule has 0 atom stereocenters. The van der Waals surface area contributed by atoms with E-state index in [1.54, 1.807) is 0 Å². The molecular formula is C22H29NO2. The first-order valence-corrected chi connectivity index (χ1v) is 9.29. The van der Waals surface area contributed by atoms with Crippen LogP contribution in [0.2, 0.25) is 0 Å². The van der Waals surface area contributed by atoms with Crippen LogP contribution in [-0.2, 0) is 17.6 Å². The molecule has 0 aromatic heterocycles. The molecule has 2 aromatic rings. The summed E-state index contributed by atoms with van der Waals surface area (Å²) in [4.78, 5) is 0. The van der Waals surface area contributed by atoms with Crippen molar-refractivity contribution in [2.45, 2.75) is 31.7 Å². The summed E-state index contributed by atoms with van der Waals surface area (Å²) in [6, 6.07) is 21.6. The zero-order valence-electron chi connectivity index (χ0n) is 14.9. The number of ether oxygens (including phenoxy) is 1. The molecule has 2 aromatic carbocycles.